The molecule has 0 atom stereocenters. The third-order valence-electron chi connectivity index (χ3n) is 3.00. The fraction of sp³-hybridized carbons (Fsp3) is 0.0714. The number of fused-ring (bicyclic) bond motifs is 1. The number of para-hydroxylation sites is 1. The van der Waals surface area contributed by atoms with Gasteiger partial charge in [-0.3, -0.25) is 4.57 Å². The fourth-order valence-corrected chi connectivity index (χ4v) is 2.91. The van der Waals surface area contributed by atoms with Crippen molar-refractivity contribution in [3.05, 3.63) is 57.3 Å². The molecule has 6 heteroatoms. The SMILES string of the molecule is ClCc1nc2c(Cl)cccc2n1-c1cccc(Cl)c1Cl. The van der Waals surface area contributed by atoms with E-state index in [2.05, 4.69) is 4.98 Å². The number of halogens is 4. The normalized spacial score (nSPS) is 11.2. The number of benzene rings is 2. The standard InChI is InChI=1S/C14H8Cl4N2/c15-7-12-19-14-9(17)4-2-6-11(14)20(12)10-5-1-3-8(16)13(10)18/h1-6H,7H2. The van der Waals surface area contributed by atoms with Crippen molar-refractivity contribution in [3.8, 4) is 5.69 Å². The Hall–Kier alpha value is -0.930. The number of hydrogen-bond donors (Lipinski definition) is 0. The molecule has 3 aromatic rings. The predicted octanol–water partition coefficient (Wildman–Crippen LogP) is 5.72. The second-order valence-corrected chi connectivity index (χ2v) is 5.64. The molecule has 0 saturated heterocycles. The summed E-state index contributed by atoms with van der Waals surface area (Å²) in [6.45, 7) is 0. The summed E-state index contributed by atoms with van der Waals surface area (Å²) < 4.78 is 1.88. The molecule has 3 rings (SSSR count). The summed E-state index contributed by atoms with van der Waals surface area (Å²) in [7, 11) is 0. The Balaban J connectivity index is 2.41. The minimum atomic E-state index is 0.244. The van der Waals surface area contributed by atoms with Crippen LogP contribution in [0.3, 0.4) is 0 Å². The first-order chi connectivity index (χ1) is 9.63. The van der Waals surface area contributed by atoms with Crippen molar-refractivity contribution in [2.45, 2.75) is 5.88 Å². The largest absolute Gasteiger partial charge is 0.294 e. The number of nitrogens with zero attached hydrogens (tertiary/aromatic N) is 2. The van der Waals surface area contributed by atoms with Crippen LogP contribution < -0.4 is 0 Å². The highest BCUT2D eigenvalue weighted by atomic mass is 35.5. The maximum absolute atomic E-state index is 6.30. The minimum absolute atomic E-state index is 0.244. The van der Waals surface area contributed by atoms with Gasteiger partial charge < -0.3 is 0 Å². The van der Waals surface area contributed by atoms with Gasteiger partial charge in [0.2, 0.25) is 0 Å². The number of aromatic nitrogens is 2. The van der Waals surface area contributed by atoms with E-state index in [1.54, 1.807) is 12.1 Å². The van der Waals surface area contributed by atoms with Gasteiger partial charge in [-0.25, -0.2) is 4.98 Å². The lowest BCUT2D eigenvalue weighted by atomic mass is 10.2. The Kier molecular flexibility index (Phi) is 3.83. The molecule has 2 nitrogen and oxygen atoms in total. The van der Waals surface area contributed by atoms with E-state index in [4.69, 9.17) is 46.4 Å². The molecule has 2 aromatic carbocycles. The number of alkyl halides is 1. The van der Waals surface area contributed by atoms with Crippen LogP contribution in [0.15, 0.2) is 36.4 Å². The lowest BCUT2D eigenvalue weighted by Gasteiger charge is -2.10. The van der Waals surface area contributed by atoms with Crippen LogP contribution in [0, 0.1) is 0 Å². The van der Waals surface area contributed by atoms with Gasteiger partial charge in [-0.1, -0.05) is 46.9 Å². The van der Waals surface area contributed by atoms with E-state index >= 15 is 0 Å². The molecule has 0 saturated carbocycles. The van der Waals surface area contributed by atoms with Crippen LogP contribution in [-0.4, -0.2) is 9.55 Å². The highest BCUT2D eigenvalue weighted by Gasteiger charge is 2.16. The summed E-state index contributed by atoms with van der Waals surface area (Å²) >= 11 is 24.6. The third-order valence-corrected chi connectivity index (χ3v) is 4.35. The Labute approximate surface area is 135 Å². The molecular weight excluding hydrogens is 338 g/mol. The lowest BCUT2D eigenvalue weighted by molar-refractivity contribution is 0.982. The monoisotopic (exact) mass is 344 g/mol. The first-order valence-corrected chi connectivity index (χ1v) is 7.46. The van der Waals surface area contributed by atoms with Crippen LogP contribution in [-0.2, 0) is 5.88 Å². The van der Waals surface area contributed by atoms with Crippen LogP contribution >= 0.6 is 46.4 Å². The van der Waals surface area contributed by atoms with Gasteiger partial charge >= 0.3 is 0 Å². The van der Waals surface area contributed by atoms with Crippen molar-refractivity contribution in [2.75, 3.05) is 0 Å². The molecule has 0 spiro atoms. The van der Waals surface area contributed by atoms with E-state index in [9.17, 15) is 0 Å². The summed E-state index contributed by atoms with van der Waals surface area (Å²) in [4.78, 5) is 4.48. The van der Waals surface area contributed by atoms with Crippen molar-refractivity contribution in [1.82, 2.24) is 9.55 Å². The second-order valence-electron chi connectivity index (χ2n) is 4.18. The summed E-state index contributed by atoms with van der Waals surface area (Å²) in [6, 6.07) is 11.0. The Bertz CT molecular complexity index is 795. The quantitative estimate of drug-likeness (QED) is 0.543. The van der Waals surface area contributed by atoms with Crippen molar-refractivity contribution in [3.63, 3.8) is 0 Å². The molecule has 0 radical (unpaired) electrons. The van der Waals surface area contributed by atoms with Crippen LogP contribution in [0.2, 0.25) is 15.1 Å². The van der Waals surface area contributed by atoms with Crippen LogP contribution in [0.5, 0.6) is 0 Å². The van der Waals surface area contributed by atoms with Gasteiger partial charge in [0.25, 0.3) is 0 Å². The third kappa shape index (κ3) is 2.17. The van der Waals surface area contributed by atoms with E-state index < -0.39 is 0 Å². The van der Waals surface area contributed by atoms with Crippen molar-refractivity contribution in [2.24, 2.45) is 0 Å². The van der Waals surface area contributed by atoms with Gasteiger partial charge in [-0.15, -0.1) is 11.6 Å². The van der Waals surface area contributed by atoms with Gasteiger partial charge in [0.1, 0.15) is 11.3 Å². The molecule has 1 heterocycles. The molecule has 0 amide bonds. The first kappa shape index (κ1) is 14.0. The topological polar surface area (TPSA) is 17.8 Å². The van der Waals surface area contributed by atoms with E-state index in [0.29, 0.717) is 26.4 Å². The highest BCUT2D eigenvalue weighted by Crippen LogP contribution is 2.33. The Morgan fingerprint density at radius 3 is 2.40 bits per heavy atom. The highest BCUT2D eigenvalue weighted by molar-refractivity contribution is 6.43. The molecule has 0 aliphatic carbocycles. The Morgan fingerprint density at radius 1 is 0.950 bits per heavy atom. The van der Waals surface area contributed by atoms with E-state index in [-0.39, 0.29) is 5.88 Å². The number of rotatable bonds is 2. The van der Waals surface area contributed by atoms with Crippen LogP contribution in [0.25, 0.3) is 16.7 Å². The number of hydrogen-bond acceptors (Lipinski definition) is 1. The van der Waals surface area contributed by atoms with Crippen LogP contribution in [0.4, 0.5) is 0 Å². The smallest absolute Gasteiger partial charge is 0.129 e. The van der Waals surface area contributed by atoms with Gasteiger partial charge in [0.05, 0.1) is 32.2 Å². The van der Waals surface area contributed by atoms with Crippen LogP contribution in [0.1, 0.15) is 5.82 Å². The van der Waals surface area contributed by atoms with Gasteiger partial charge in [-0.2, -0.15) is 0 Å². The van der Waals surface area contributed by atoms with Gasteiger partial charge in [0.15, 0.2) is 0 Å². The second kappa shape index (κ2) is 5.45. The zero-order chi connectivity index (χ0) is 14.3. The fourth-order valence-electron chi connectivity index (χ4n) is 2.14. The average molecular weight is 346 g/mol. The molecule has 1 aromatic heterocycles. The Morgan fingerprint density at radius 2 is 1.65 bits per heavy atom. The van der Waals surface area contributed by atoms with Gasteiger partial charge in [-0.05, 0) is 24.3 Å². The summed E-state index contributed by atoms with van der Waals surface area (Å²) in [5, 5.41) is 1.51. The maximum atomic E-state index is 6.30. The molecule has 102 valence electrons. The first-order valence-electron chi connectivity index (χ1n) is 5.79. The maximum Gasteiger partial charge on any atom is 0.129 e. The van der Waals surface area contributed by atoms with Crippen molar-refractivity contribution < 1.29 is 0 Å². The summed E-state index contributed by atoms with van der Waals surface area (Å²) in [5.74, 6) is 0.910. The average Bonchev–Trinajstić information content (AvgIpc) is 2.82. The lowest BCUT2D eigenvalue weighted by Crippen LogP contribution is -2.00. The molecule has 0 bridgehead atoms. The molecule has 0 unspecified atom stereocenters. The van der Waals surface area contributed by atoms with E-state index in [1.807, 2.05) is 28.8 Å². The van der Waals surface area contributed by atoms with E-state index in [0.717, 1.165) is 11.2 Å². The van der Waals surface area contributed by atoms with Crippen molar-refractivity contribution >= 4 is 57.4 Å². The molecule has 0 N–H and O–H groups in total. The molecule has 0 aliphatic rings. The molecule has 0 fully saturated rings. The number of imidazole rings is 1. The molecule has 0 aliphatic heterocycles. The van der Waals surface area contributed by atoms with E-state index in [1.165, 1.54) is 0 Å². The van der Waals surface area contributed by atoms with Gasteiger partial charge in [0, 0.05) is 0 Å². The molecule has 20 heavy (non-hydrogen) atoms. The summed E-state index contributed by atoms with van der Waals surface area (Å²) in [5.41, 5.74) is 2.28. The summed E-state index contributed by atoms with van der Waals surface area (Å²) in [6.07, 6.45) is 0. The molecular formula is C14H8Cl4N2. The predicted molar refractivity (Wildman–Crippen MR) is 85.7 cm³/mol. The van der Waals surface area contributed by atoms with Crippen molar-refractivity contribution in [1.29, 1.82) is 0 Å². The zero-order valence-corrected chi connectivity index (χ0v) is 13.1. The zero-order valence-electron chi connectivity index (χ0n) is 10.1. The minimum Gasteiger partial charge on any atom is -0.294 e.